The van der Waals surface area contributed by atoms with Crippen molar-refractivity contribution in [2.24, 2.45) is 0 Å². The minimum atomic E-state index is -0.775. The van der Waals surface area contributed by atoms with E-state index in [4.69, 9.17) is 40.2 Å². The van der Waals surface area contributed by atoms with Crippen LogP contribution in [-0.2, 0) is 11.3 Å². The smallest absolute Gasteiger partial charge is 0.279 e. The number of thiocarbonyl (C=S) groups is 1. The Balaban J connectivity index is 1.76. The maximum atomic E-state index is 12.0. The normalized spacial score (nSPS) is 11.3. The number of rotatable bonds is 5. The van der Waals surface area contributed by atoms with E-state index in [0.717, 1.165) is 5.56 Å². The number of carbonyl (C=O) groups excluding carboxylic acids is 1. The predicted molar refractivity (Wildman–Crippen MR) is 104 cm³/mol. The highest BCUT2D eigenvalue weighted by atomic mass is 35.5. The first-order chi connectivity index (χ1) is 12.0. The van der Waals surface area contributed by atoms with Crippen molar-refractivity contribution >= 4 is 46.4 Å². The van der Waals surface area contributed by atoms with Gasteiger partial charge in [-0.15, -0.1) is 0 Å². The summed E-state index contributed by atoms with van der Waals surface area (Å²) in [5.74, 6) is -0.0200. The van der Waals surface area contributed by atoms with Gasteiger partial charge < -0.3 is 10.1 Å². The van der Waals surface area contributed by atoms with E-state index in [-0.39, 0.29) is 0 Å². The maximum Gasteiger partial charge on any atom is 0.279 e. The fourth-order valence-corrected chi connectivity index (χ4v) is 2.43. The Hall–Kier alpha value is -2.02. The summed E-state index contributed by atoms with van der Waals surface area (Å²) in [5, 5.41) is 4.11. The molecule has 1 atom stereocenters. The van der Waals surface area contributed by atoms with Gasteiger partial charge in [0.1, 0.15) is 5.75 Å². The van der Waals surface area contributed by atoms with Crippen LogP contribution in [0, 0.1) is 0 Å². The van der Waals surface area contributed by atoms with Crippen LogP contribution in [0.4, 0.5) is 0 Å². The monoisotopic (exact) mass is 397 g/mol. The second kappa shape index (κ2) is 9.46. The Labute approximate surface area is 161 Å². The SMILES string of the molecule is C[C@@H](Oc1ccc(Cl)cc1Cl)C(=O)NNC(=S)NCc1ccccc1. The molecule has 132 valence electrons. The Bertz CT molecular complexity index is 744. The highest BCUT2D eigenvalue weighted by Gasteiger charge is 2.16. The standard InChI is InChI=1S/C17H17Cl2N3O2S/c1-11(24-15-8-7-13(18)9-14(15)19)16(23)21-22-17(25)20-10-12-5-3-2-4-6-12/h2-9,11H,10H2,1H3,(H,21,23)(H2,20,22,25)/t11-/m1/s1. The fourth-order valence-electron chi connectivity index (χ4n) is 1.86. The largest absolute Gasteiger partial charge is 0.479 e. The molecule has 25 heavy (non-hydrogen) atoms. The first-order valence-corrected chi connectivity index (χ1v) is 8.61. The van der Waals surface area contributed by atoms with E-state index in [9.17, 15) is 4.79 Å². The zero-order valence-corrected chi connectivity index (χ0v) is 15.7. The topological polar surface area (TPSA) is 62.4 Å². The zero-order valence-electron chi connectivity index (χ0n) is 13.4. The van der Waals surface area contributed by atoms with E-state index in [2.05, 4.69) is 16.2 Å². The number of nitrogens with one attached hydrogen (secondary N) is 3. The van der Waals surface area contributed by atoms with Crippen LogP contribution >= 0.6 is 35.4 Å². The number of amides is 1. The fraction of sp³-hybridized carbons (Fsp3) is 0.176. The predicted octanol–water partition coefficient (Wildman–Crippen LogP) is 3.46. The van der Waals surface area contributed by atoms with E-state index >= 15 is 0 Å². The average molecular weight is 398 g/mol. The summed E-state index contributed by atoms with van der Waals surface area (Å²) in [7, 11) is 0. The van der Waals surface area contributed by atoms with Crippen molar-refractivity contribution in [1.29, 1.82) is 0 Å². The third kappa shape index (κ3) is 6.42. The van der Waals surface area contributed by atoms with Crippen molar-refractivity contribution in [2.75, 3.05) is 0 Å². The summed E-state index contributed by atoms with van der Waals surface area (Å²) >= 11 is 17.0. The maximum absolute atomic E-state index is 12.0. The van der Waals surface area contributed by atoms with Gasteiger partial charge in [0, 0.05) is 11.6 Å². The van der Waals surface area contributed by atoms with Gasteiger partial charge in [-0.3, -0.25) is 15.6 Å². The third-order valence-corrected chi connectivity index (χ3v) is 3.94. The van der Waals surface area contributed by atoms with Crippen LogP contribution in [0.25, 0.3) is 0 Å². The molecule has 0 aliphatic heterocycles. The molecule has 1 amide bonds. The third-order valence-electron chi connectivity index (χ3n) is 3.16. The molecule has 0 aliphatic carbocycles. The van der Waals surface area contributed by atoms with Crippen LogP contribution in [-0.4, -0.2) is 17.1 Å². The van der Waals surface area contributed by atoms with Gasteiger partial charge >= 0.3 is 0 Å². The molecule has 2 aromatic carbocycles. The Morgan fingerprint density at radius 3 is 2.56 bits per heavy atom. The Morgan fingerprint density at radius 1 is 1.16 bits per heavy atom. The number of benzene rings is 2. The van der Waals surface area contributed by atoms with Gasteiger partial charge in [0.25, 0.3) is 5.91 Å². The van der Waals surface area contributed by atoms with Crippen LogP contribution in [0.5, 0.6) is 5.75 Å². The quantitative estimate of drug-likeness (QED) is 0.532. The van der Waals surface area contributed by atoms with Crippen molar-refractivity contribution in [3.8, 4) is 5.75 Å². The highest BCUT2D eigenvalue weighted by molar-refractivity contribution is 7.80. The van der Waals surface area contributed by atoms with Crippen LogP contribution in [0.1, 0.15) is 12.5 Å². The summed E-state index contributed by atoms with van der Waals surface area (Å²) < 4.78 is 5.52. The van der Waals surface area contributed by atoms with Crippen molar-refractivity contribution in [1.82, 2.24) is 16.2 Å². The number of hydrazine groups is 1. The number of carbonyl (C=O) groups is 1. The minimum Gasteiger partial charge on any atom is -0.479 e. The second-order valence-electron chi connectivity index (χ2n) is 5.12. The molecule has 0 saturated carbocycles. The number of hydrogen-bond acceptors (Lipinski definition) is 3. The molecule has 0 heterocycles. The number of halogens is 2. The number of hydrogen-bond donors (Lipinski definition) is 3. The molecule has 0 radical (unpaired) electrons. The number of ether oxygens (including phenoxy) is 1. The van der Waals surface area contributed by atoms with Crippen molar-refractivity contribution in [2.45, 2.75) is 19.6 Å². The van der Waals surface area contributed by atoms with Gasteiger partial charge in [0.15, 0.2) is 11.2 Å². The minimum absolute atomic E-state index is 0.300. The van der Waals surface area contributed by atoms with Gasteiger partial charge in [-0.2, -0.15) is 0 Å². The van der Waals surface area contributed by atoms with Gasteiger partial charge in [0.2, 0.25) is 0 Å². The summed E-state index contributed by atoms with van der Waals surface area (Å²) in [6, 6.07) is 14.5. The zero-order chi connectivity index (χ0) is 18.2. The molecular weight excluding hydrogens is 381 g/mol. The average Bonchev–Trinajstić information content (AvgIpc) is 2.61. The van der Waals surface area contributed by atoms with Gasteiger partial charge in [-0.05, 0) is 42.9 Å². The summed E-state index contributed by atoms with van der Waals surface area (Å²) in [6.07, 6.45) is -0.775. The summed E-state index contributed by atoms with van der Waals surface area (Å²) in [6.45, 7) is 2.15. The van der Waals surface area contributed by atoms with Crippen LogP contribution in [0.2, 0.25) is 10.0 Å². The van der Waals surface area contributed by atoms with Gasteiger partial charge in [-0.25, -0.2) is 0 Å². The summed E-state index contributed by atoms with van der Waals surface area (Å²) in [5.41, 5.74) is 6.19. The second-order valence-corrected chi connectivity index (χ2v) is 6.37. The van der Waals surface area contributed by atoms with E-state index in [1.165, 1.54) is 0 Å². The van der Waals surface area contributed by atoms with E-state index in [1.807, 2.05) is 30.3 Å². The Morgan fingerprint density at radius 2 is 1.88 bits per heavy atom. The molecule has 0 bridgehead atoms. The van der Waals surface area contributed by atoms with Crippen molar-refractivity contribution in [3.05, 3.63) is 64.1 Å². The lowest BCUT2D eigenvalue weighted by molar-refractivity contribution is -0.127. The Kier molecular flexibility index (Phi) is 7.31. The molecule has 0 spiro atoms. The molecule has 2 aromatic rings. The van der Waals surface area contributed by atoms with Crippen LogP contribution < -0.4 is 20.9 Å². The highest BCUT2D eigenvalue weighted by Crippen LogP contribution is 2.28. The molecule has 5 nitrogen and oxygen atoms in total. The lowest BCUT2D eigenvalue weighted by atomic mass is 10.2. The van der Waals surface area contributed by atoms with Crippen molar-refractivity contribution < 1.29 is 9.53 Å². The molecule has 2 rings (SSSR count). The van der Waals surface area contributed by atoms with E-state index in [1.54, 1.807) is 25.1 Å². The molecule has 0 fully saturated rings. The lowest BCUT2D eigenvalue weighted by Crippen LogP contribution is -2.50. The summed E-state index contributed by atoms with van der Waals surface area (Å²) in [4.78, 5) is 12.0. The van der Waals surface area contributed by atoms with Crippen LogP contribution in [0.3, 0.4) is 0 Å². The first-order valence-electron chi connectivity index (χ1n) is 7.45. The molecule has 0 aromatic heterocycles. The van der Waals surface area contributed by atoms with Gasteiger partial charge in [0.05, 0.1) is 5.02 Å². The molecule has 8 heteroatoms. The molecule has 0 unspecified atom stereocenters. The van der Waals surface area contributed by atoms with E-state index < -0.39 is 12.0 Å². The van der Waals surface area contributed by atoms with Crippen molar-refractivity contribution in [3.63, 3.8) is 0 Å². The molecule has 3 N–H and O–H groups in total. The molecular formula is C17H17Cl2N3O2S. The molecule has 0 aliphatic rings. The first kappa shape index (κ1) is 19.3. The van der Waals surface area contributed by atoms with Gasteiger partial charge in [-0.1, -0.05) is 53.5 Å². The van der Waals surface area contributed by atoms with Crippen LogP contribution in [0.15, 0.2) is 48.5 Å². The molecule has 0 saturated heterocycles. The lowest BCUT2D eigenvalue weighted by Gasteiger charge is -2.17. The van der Waals surface area contributed by atoms with E-state index in [0.29, 0.717) is 27.5 Å².